The van der Waals surface area contributed by atoms with E-state index in [1.165, 1.54) is 6.07 Å². The summed E-state index contributed by atoms with van der Waals surface area (Å²) in [5.41, 5.74) is 4.37. The number of carbonyl (C=O) groups is 1. The van der Waals surface area contributed by atoms with E-state index in [2.05, 4.69) is 33.8 Å². The van der Waals surface area contributed by atoms with Crippen molar-refractivity contribution in [2.45, 2.75) is 64.9 Å². The molecular formula is C29H33FO3. The second-order valence-electron chi connectivity index (χ2n) is 9.55. The molecule has 3 aromatic rings. The average molecular weight is 449 g/mol. The van der Waals surface area contributed by atoms with Gasteiger partial charge in [-0.05, 0) is 58.2 Å². The Hall–Kier alpha value is -3.14. The van der Waals surface area contributed by atoms with Crippen LogP contribution in [0.3, 0.4) is 0 Å². The quantitative estimate of drug-likeness (QED) is 0.364. The predicted octanol–water partition coefficient (Wildman–Crippen LogP) is 7.73. The molecule has 33 heavy (non-hydrogen) atoms. The number of hydrogen-bond acceptors (Lipinski definition) is 2. The smallest absolute Gasteiger partial charge is 0.303 e. The van der Waals surface area contributed by atoms with Gasteiger partial charge in [0.15, 0.2) is 0 Å². The van der Waals surface area contributed by atoms with Crippen LogP contribution < -0.4 is 4.74 Å². The fraction of sp³-hybridized carbons (Fsp3) is 0.345. The van der Waals surface area contributed by atoms with Gasteiger partial charge in [-0.15, -0.1) is 0 Å². The van der Waals surface area contributed by atoms with E-state index in [0.29, 0.717) is 12.2 Å². The van der Waals surface area contributed by atoms with Crippen molar-refractivity contribution in [3.05, 3.63) is 89.2 Å². The highest BCUT2D eigenvalue weighted by Gasteiger charge is 2.21. The van der Waals surface area contributed by atoms with Gasteiger partial charge in [0.25, 0.3) is 0 Å². The molecule has 0 aliphatic heterocycles. The summed E-state index contributed by atoms with van der Waals surface area (Å²) in [6, 6.07) is 20.6. The summed E-state index contributed by atoms with van der Waals surface area (Å²) < 4.78 is 20.6. The minimum Gasteiger partial charge on any atom is -0.489 e. The van der Waals surface area contributed by atoms with Crippen LogP contribution >= 0.6 is 0 Å². The van der Waals surface area contributed by atoms with E-state index in [0.717, 1.165) is 40.8 Å². The van der Waals surface area contributed by atoms with Crippen molar-refractivity contribution >= 4 is 5.97 Å². The molecule has 0 aliphatic rings. The summed E-state index contributed by atoms with van der Waals surface area (Å²) in [6.45, 7) is 8.81. The fourth-order valence-electron chi connectivity index (χ4n) is 4.19. The first-order valence-electron chi connectivity index (χ1n) is 11.5. The van der Waals surface area contributed by atoms with Crippen LogP contribution in [0.15, 0.2) is 66.7 Å². The molecule has 1 atom stereocenters. The SMILES string of the molecule is CCC[C@H](CC(=O)O)c1cccc(OCc2ccc(-c3ccccc3F)c(C(C)(C)C)c2)c1. The number of aliphatic carboxylic acids is 1. The van der Waals surface area contributed by atoms with Crippen molar-refractivity contribution in [2.24, 2.45) is 0 Å². The number of halogens is 1. The van der Waals surface area contributed by atoms with Gasteiger partial charge < -0.3 is 9.84 Å². The van der Waals surface area contributed by atoms with Crippen molar-refractivity contribution in [3.63, 3.8) is 0 Å². The Morgan fingerprint density at radius 2 is 1.76 bits per heavy atom. The summed E-state index contributed by atoms with van der Waals surface area (Å²) in [6.07, 6.45) is 1.86. The zero-order valence-corrected chi connectivity index (χ0v) is 19.9. The molecule has 0 amide bonds. The van der Waals surface area contributed by atoms with Crippen molar-refractivity contribution in [1.82, 2.24) is 0 Å². The van der Waals surface area contributed by atoms with Crippen molar-refractivity contribution < 1.29 is 19.0 Å². The fourth-order valence-corrected chi connectivity index (χ4v) is 4.19. The Kier molecular flexibility index (Phi) is 7.91. The normalized spacial score (nSPS) is 12.4. The number of ether oxygens (including phenoxy) is 1. The third-order valence-electron chi connectivity index (χ3n) is 5.85. The van der Waals surface area contributed by atoms with Crippen LogP contribution in [-0.4, -0.2) is 11.1 Å². The summed E-state index contributed by atoms with van der Waals surface area (Å²) >= 11 is 0. The predicted molar refractivity (Wildman–Crippen MR) is 131 cm³/mol. The number of carboxylic acid groups (broad SMARTS) is 1. The second-order valence-corrected chi connectivity index (χ2v) is 9.55. The van der Waals surface area contributed by atoms with Crippen molar-refractivity contribution in [3.8, 4) is 16.9 Å². The Labute approximate surface area is 196 Å². The molecule has 0 bridgehead atoms. The summed E-state index contributed by atoms with van der Waals surface area (Å²) in [5.74, 6) is -0.325. The molecule has 0 unspecified atom stereocenters. The maximum absolute atomic E-state index is 14.5. The molecule has 174 valence electrons. The largest absolute Gasteiger partial charge is 0.489 e. The van der Waals surface area contributed by atoms with E-state index < -0.39 is 5.97 Å². The number of benzene rings is 3. The maximum atomic E-state index is 14.5. The zero-order valence-electron chi connectivity index (χ0n) is 19.9. The second kappa shape index (κ2) is 10.7. The van der Waals surface area contributed by atoms with Gasteiger partial charge in [0.1, 0.15) is 18.2 Å². The van der Waals surface area contributed by atoms with E-state index in [-0.39, 0.29) is 23.6 Å². The monoisotopic (exact) mass is 448 g/mol. The lowest BCUT2D eigenvalue weighted by Crippen LogP contribution is -2.14. The van der Waals surface area contributed by atoms with E-state index in [1.807, 2.05) is 48.5 Å². The van der Waals surface area contributed by atoms with E-state index in [9.17, 15) is 14.3 Å². The number of carboxylic acids is 1. The minimum atomic E-state index is -0.788. The lowest BCUT2D eigenvalue weighted by molar-refractivity contribution is -0.137. The van der Waals surface area contributed by atoms with Gasteiger partial charge >= 0.3 is 5.97 Å². The van der Waals surface area contributed by atoms with Crippen LogP contribution in [0.1, 0.15) is 69.6 Å². The molecular weight excluding hydrogens is 415 g/mol. The van der Waals surface area contributed by atoms with Crippen LogP contribution in [0.5, 0.6) is 5.75 Å². The molecule has 3 aromatic carbocycles. The maximum Gasteiger partial charge on any atom is 0.303 e. The molecule has 1 N–H and O–H groups in total. The Balaban J connectivity index is 1.84. The van der Waals surface area contributed by atoms with Gasteiger partial charge in [0, 0.05) is 5.56 Å². The molecule has 4 heteroatoms. The van der Waals surface area contributed by atoms with Gasteiger partial charge in [-0.25, -0.2) is 4.39 Å². The first-order chi connectivity index (χ1) is 15.7. The van der Waals surface area contributed by atoms with E-state index in [4.69, 9.17) is 4.74 Å². The van der Waals surface area contributed by atoms with Crippen LogP contribution in [0, 0.1) is 5.82 Å². The molecule has 0 spiro atoms. The number of hydrogen-bond donors (Lipinski definition) is 1. The summed E-state index contributed by atoms with van der Waals surface area (Å²) in [7, 11) is 0. The van der Waals surface area contributed by atoms with Crippen LogP contribution in [-0.2, 0) is 16.8 Å². The Bertz CT molecular complexity index is 1100. The van der Waals surface area contributed by atoms with E-state index in [1.54, 1.807) is 6.07 Å². The van der Waals surface area contributed by atoms with Gasteiger partial charge in [-0.2, -0.15) is 0 Å². The number of rotatable bonds is 9. The highest BCUT2D eigenvalue weighted by atomic mass is 19.1. The van der Waals surface area contributed by atoms with Crippen molar-refractivity contribution in [2.75, 3.05) is 0 Å². The van der Waals surface area contributed by atoms with Gasteiger partial charge in [-0.3, -0.25) is 4.79 Å². The Morgan fingerprint density at radius 1 is 1.00 bits per heavy atom. The molecule has 0 fully saturated rings. The lowest BCUT2D eigenvalue weighted by atomic mass is 9.81. The summed E-state index contributed by atoms with van der Waals surface area (Å²) in [4.78, 5) is 11.3. The Morgan fingerprint density at radius 3 is 2.42 bits per heavy atom. The standard InChI is InChI=1S/C29H33FO3/c1-5-9-21(18-28(31)32)22-10-8-11-23(17-22)33-19-20-14-15-24(26(16-20)29(2,3)4)25-12-6-7-13-27(25)30/h6-8,10-17,21H,5,9,18-19H2,1-4H3,(H,31,32)/t21-/m1/s1. The third-order valence-corrected chi connectivity index (χ3v) is 5.85. The first-order valence-corrected chi connectivity index (χ1v) is 11.5. The molecule has 0 aliphatic carbocycles. The van der Waals surface area contributed by atoms with Crippen LogP contribution in [0.4, 0.5) is 4.39 Å². The van der Waals surface area contributed by atoms with Crippen LogP contribution in [0.2, 0.25) is 0 Å². The molecule has 3 nitrogen and oxygen atoms in total. The highest BCUT2D eigenvalue weighted by molar-refractivity contribution is 5.70. The van der Waals surface area contributed by atoms with Gasteiger partial charge in [-0.1, -0.05) is 82.6 Å². The van der Waals surface area contributed by atoms with E-state index >= 15 is 0 Å². The molecule has 0 radical (unpaired) electrons. The molecule has 0 saturated heterocycles. The minimum absolute atomic E-state index is 0.0244. The van der Waals surface area contributed by atoms with Crippen molar-refractivity contribution in [1.29, 1.82) is 0 Å². The molecule has 0 heterocycles. The van der Waals surface area contributed by atoms with Gasteiger partial charge in [0.05, 0.1) is 6.42 Å². The lowest BCUT2D eigenvalue weighted by Gasteiger charge is -2.24. The molecule has 3 rings (SSSR count). The summed E-state index contributed by atoms with van der Waals surface area (Å²) in [5, 5.41) is 9.25. The topological polar surface area (TPSA) is 46.5 Å². The molecule has 0 saturated carbocycles. The van der Waals surface area contributed by atoms with Crippen LogP contribution in [0.25, 0.3) is 11.1 Å². The average Bonchev–Trinajstić information content (AvgIpc) is 2.77. The zero-order chi connectivity index (χ0) is 24.0. The third kappa shape index (κ3) is 6.44. The van der Waals surface area contributed by atoms with Gasteiger partial charge in [0.2, 0.25) is 0 Å². The first kappa shape index (κ1) is 24.5. The highest BCUT2D eigenvalue weighted by Crippen LogP contribution is 2.35. The molecule has 0 aromatic heterocycles.